The molecule has 15 heavy (non-hydrogen) atoms. The van der Waals surface area contributed by atoms with Crippen LogP contribution in [0.3, 0.4) is 0 Å². The second-order valence-corrected chi connectivity index (χ2v) is 6.64. The van der Waals surface area contributed by atoms with Crippen LogP contribution in [0.15, 0.2) is 16.7 Å². The van der Waals surface area contributed by atoms with Gasteiger partial charge >= 0.3 is 0 Å². The van der Waals surface area contributed by atoms with Crippen molar-refractivity contribution in [2.45, 2.75) is 25.1 Å². The zero-order valence-electron chi connectivity index (χ0n) is 8.77. The number of carbonyl (C=O) groups is 1. The molecule has 0 aromatic carbocycles. The largest absolute Gasteiger partial charge is 0.309 e. The highest BCUT2D eigenvalue weighted by atomic mass is 79.9. The van der Waals surface area contributed by atoms with Crippen LogP contribution in [-0.4, -0.2) is 15.2 Å². The second kappa shape index (κ2) is 4.61. The van der Waals surface area contributed by atoms with Gasteiger partial charge in [0, 0.05) is 10.7 Å². The fourth-order valence-corrected chi connectivity index (χ4v) is 1.47. The minimum atomic E-state index is -0.589. The maximum atomic E-state index is 11.7. The molecule has 1 aromatic heterocycles. The third-order valence-electron chi connectivity index (χ3n) is 1.82. The number of aromatic nitrogens is 1. The Hall–Kier alpha value is -0.420. The number of hydrogen-bond donors (Lipinski definition) is 1. The van der Waals surface area contributed by atoms with Crippen molar-refractivity contribution >= 4 is 43.6 Å². The molecule has 1 rings (SSSR count). The Kier molecular flexibility index (Phi) is 3.89. The molecule has 0 aliphatic carbocycles. The zero-order chi connectivity index (χ0) is 11.6. The van der Waals surface area contributed by atoms with Crippen LogP contribution in [0.5, 0.6) is 0 Å². The van der Waals surface area contributed by atoms with Crippen LogP contribution in [0.4, 0.5) is 5.82 Å². The van der Waals surface area contributed by atoms with E-state index in [1.54, 1.807) is 20.0 Å². The Labute approximate surface area is 106 Å². The number of amides is 1. The number of rotatable bonds is 2. The van der Waals surface area contributed by atoms with Gasteiger partial charge < -0.3 is 5.32 Å². The summed E-state index contributed by atoms with van der Waals surface area (Å²) in [4.78, 5) is 15.8. The summed E-state index contributed by atoms with van der Waals surface area (Å²) < 4.78 is 0.310. The average molecular weight is 336 g/mol. The van der Waals surface area contributed by atoms with Gasteiger partial charge in [0.25, 0.3) is 0 Å². The highest BCUT2D eigenvalue weighted by Gasteiger charge is 2.24. The summed E-state index contributed by atoms with van der Waals surface area (Å²) in [5.74, 6) is 0.483. The van der Waals surface area contributed by atoms with E-state index in [-0.39, 0.29) is 5.91 Å². The number of anilines is 1. The molecular weight excluding hydrogens is 324 g/mol. The maximum absolute atomic E-state index is 11.7. The van der Waals surface area contributed by atoms with Crippen LogP contribution >= 0.6 is 31.9 Å². The third-order valence-corrected chi connectivity index (χ3v) is 2.61. The molecule has 0 atom stereocenters. The molecule has 0 radical (unpaired) electrons. The van der Waals surface area contributed by atoms with Crippen LogP contribution in [0.1, 0.15) is 19.4 Å². The van der Waals surface area contributed by atoms with Gasteiger partial charge in [-0.2, -0.15) is 0 Å². The monoisotopic (exact) mass is 334 g/mol. The van der Waals surface area contributed by atoms with E-state index in [2.05, 4.69) is 42.2 Å². The predicted molar refractivity (Wildman–Crippen MR) is 68.3 cm³/mol. The number of hydrogen-bond acceptors (Lipinski definition) is 2. The van der Waals surface area contributed by atoms with Crippen molar-refractivity contribution in [1.82, 2.24) is 4.98 Å². The van der Waals surface area contributed by atoms with Crippen LogP contribution in [0.2, 0.25) is 0 Å². The van der Waals surface area contributed by atoms with Crippen LogP contribution in [-0.2, 0) is 4.79 Å². The molecule has 0 unspecified atom stereocenters. The predicted octanol–water partition coefficient (Wildman–Crippen LogP) is 3.26. The van der Waals surface area contributed by atoms with Gasteiger partial charge in [0.2, 0.25) is 5.91 Å². The lowest BCUT2D eigenvalue weighted by Crippen LogP contribution is -2.31. The number of nitrogens with one attached hydrogen (secondary N) is 1. The number of carbonyl (C=O) groups excluding carboxylic acids is 1. The first kappa shape index (κ1) is 12.6. The van der Waals surface area contributed by atoms with Crippen LogP contribution < -0.4 is 5.32 Å². The Bertz CT molecular complexity index is 385. The summed E-state index contributed by atoms with van der Waals surface area (Å²) in [5.41, 5.74) is 0.925. The first-order valence-electron chi connectivity index (χ1n) is 4.43. The lowest BCUT2D eigenvalue weighted by atomic mass is 10.2. The third kappa shape index (κ3) is 3.57. The van der Waals surface area contributed by atoms with Crippen molar-refractivity contribution < 1.29 is 4.79 Å². The summed E-state index contributed by atoms with van der Waals surface area (Å²) in [6.45, 7) is 5.47. The van der Waals surface area contributed by atoms with Gasteiger partial charge in [-0.15, -0.1) is 0 Å². The van der Waals surface area contributed by atoms with Crippen LogP contribution in [0.25, 0.3) is 0 Å². The van der Waals surface area contributed by atoms with E-state index < -0.39 is 4.32 Å². The highest BCUT2D eigenvalue weighted by Crippen LogP contribution is 2.21. The fraction of sp³-hybridized carbons (Fsp3) is 0.400. The van der Waals surface area contributed by atoms with Gasteiger partial charge in [0.15, 0.2) is 0 Å². The smallest absolute Gasteiger partial charge is 0.241 e. The summed E-state index contributed by atoms with van der Waals surface area (Å²) >= 11 is 6.61. The molecule has 1 heterocycles. The molecular formula is C10H12Br2N2O. The number of pyridine rings is 1. The van der Waals surface area contributed by atoms with E-state index >= 15 is 0 Å². The first-order chi connectivity index (χ1) is 6.80. The molecule has 0 saturated heterocycles. The lowest BCUT2D eigenvalue weighted by Gasteiger charge is -2.16. The van der Waals surface area contributed by atoms with E-state index in [1.165, 1.54) is 0 Å². The SMILES string of the molecule is Cc1cc(Br)cnc1NC(=O)C(C)(C)Br. The Morgan fingerprint density at radius 1 is 1.53 bits per heavy atom. The molecule has 1 N–H and O–H groups in total. The van der Waals surface area contributed by atoms with Gasteiger partial charge in [-0.3, -0.25) is 4.79 Å². The van der Waals surface area contributed by atoms with Crippen molar-refractivity contribution in [2.24, 2.45) is 0 Å². The summed E-state index contributed by atoms with van der Waals surface area (Å²) in [7, 11) is 0. The van der Waals surface area contributed by atoms with E-state index in [1.807, 2.05) is 13.0 Å². The standard InChI is InChI=1S/C10H12Br2N2O/c1-6-4-7(11)5-13-8(6)14-9(15)10(2,3)12/h4-5H,1-3H3,(H,13,14,15). The molecule has 82 valence electrons. The minimum absolute atomic E-state index is 0.111. The summed E-state index contributed by atoms with van der Waals surface area (Å²) in [5, 5.41) is 2.76. The zero-order valence-corrected chi connectivity index (χ0v) is 11.9. The van der Waals surface area contributed by atoms with E-state index in [4.69, 9.17) is 0 Å². The molecule has 0 spiro atoms. The van der Waals surface area contributed by atoms with Crippen molar-refractivity contribution in [3.05, 3.63) is 22.3 Å². The number of nitrogens with zero attached hydrogens (tertiary/aromatic N) is 1. The Balaban J connectivity index is 2.87. The van der Waals surface area contributed by atoms with Crippen molar-refractivity contribution in [1.29, 1.82) is 0 Å². The van der Waals surface area contributed by atoms with Gasteiger partial charge in [-0.1, -0.05) is 15.9 Å². The van der Waals surface area contributed by atoms with E-state index in [0.29, 0.717) is 5.82 Å². The molecule has 0 fully saturated rings. The second-order valence-electron chi connectivity index (χ2n) is 3.75. The van der Waals surface area contributed by atoms with Gasteiger partial charge in [0.05, 0.1) is 4.32 Å². The van der Waals surface area contributed by atoms with Crippen LogP contribution in [0, 0.1) is 6.92 Å². The molecule has 1 aromatic rings. The summed E-state index contributed by atoms with van der Waals surface area (Å²) in [6.07, 6.45) is 1.66. The summed E-state index contributed by atoms with van der Waals surface area (Å²) in [6, 6.07) is 1.91. The van der Waals surface area contributed by atoms with Crippen molar-refractivity contribution in [2.75, 3.05) is 5.32 Å². The van der Waals surface area contributed by atoms with Gasteiger partial charge in [0.1, 0.15) is 5.82 Å². The van der Waals surface area contributed by atoms with Crippen molar-refractivity contribution in [3.8, 4) is 0 Å². The number of aryl methyl sites for hydroxylation is 1. The fourth-order valence-electron chi connectivity index (χ4n) is 0.928. The number of alkyl halides is 1. The quantitative estimate of drug-likeness (QED) is 0.843. The molecule has 0 aliphatic heterocycles. The Morgan fingerprint density at radius 3 is 2.60 bits per heavy atom. The van der Waals surface area contributed by atoms with Gasteiger partial charge in [-0.25, -0.2) is 4.98 Å². The highest BCUT2D eigenvalue weighted by molar-refractivity contribution is 9.10. The lowest BCUT2D eigenvalue weighted by molar-refractivity contribution is -0.117. The molecule has 1 amide bonds. The topological polar surface area (TPSA) is 42.0 Å². The maximum Gasteiger partial charge on any atom is 0.241 e. The Morgan fingerprint density at radius 2 is 2.13 bits per heavy atom. The van der Waals surface area contributed by atoms with Gasteiger partial charge in [-0.05, 0) is 48.3 Å². The molecule has 3 nitrogen and oxygen atoms in total. The molecule has 0 bridgehead atoms. The molecule has 0 saturated carbocycles. The van der Waals surface area contributed by atoms with E-state index in [9.17, 15) is 4.79 Å². The number of halogens is 2. The minimum Gasteiger partial charge on any atom is -0.309 e. The molecule has 5 heteroatoms. The normalized spacial score (nSPS) is 11.3. The van der Waals surface area contributed by atoms with Crippen molar-refractivity contribution in [3.63, 3.8) is 0 Å². The molecule has 0 aliphatic rings. The first-order valence-corrected chi connectivity index (χ1v) is 6.02. The average Bonchev–Trinajstić information content (AvgIpc) is 2.08. The van der Waals surface area contributed by atoms with E-state index in [0.717, 1.165) is 10.0 Å².